The summed E-state index contributed by atoms with van der Waals surface area (Å²) in [5, 5.41) is 3.70. The van der Waals surface area contributed by atoms with Gasteiger partial charge in [-0.15, -0.1) is 11.3 Å². The number of ether oxygens (including phenoxy) is 1. The van der Waals surface area contributed by atoms with Crippen molar-refractivity contribution in [2.24, 2.45) is 0 Å². The van der Waals surface area contributed by atoms with Gasteiger partial charge in [-0.2, -0.15) is 0 Å². The Morgan fingerprint density at radius 2 is 1.93 bits per heavy atom. The van der Waals surface area contributed by atoms with Crippen LogP contribution in [0.15, 0.2) is 29.2 Å². The van der Waals surface area contributed by atoms with Crippen LogP contribution < -0.4 is 5.32 Å². The molecule has 0 radical (unpaired) electrons. The highest BCUT2D eigenvalue weighted by Crippen LogP contribution is 2.39. The molecular formula is C19H20ClNO5S2. The van der Waals surface area contributed by atoms with Gasteiger partial charge in [0.05, 0.1) is 23.3 Å². The van der Waals surface area contributed by atoms with Crippen LogP contribution in [0.5, 0.6) is 0 Å². The Kier molecular flexibility index (Phi) is 6.42. The van der Waals surface area contributed by atoms with Crippen molar-refractivity contribution in [1.82, 2.24) is 0 Å². The fraction of sp³-hybridized carbons (Fsp3) is 0.368. The lowest BCUT2D eigenvalue weighted by Crippen LogP contribution is -2.16. The molecule has 6 nitrogen and oxygen atoms in total. The smallest absolute Gasteiger partial charge is 0.341 e. The SMILES string of the molecule is COC(=O)c1c(NC(=O)CCCS(=O)(=O)c2ccc(Cl)cc2)sc2c1CCC2. The van der Waals surface area contributed by atoms with Gasteiger partial charge in [0.25, 0.3) is 0 Å². The maximum absolute atomic E-state index is 12.3. The fourth-order valence-electron chi connectivity index (χ4n) is 3.18. The van der Waals surface area contributed by atoms with Gasteiger partial charge in [0, 0.05) is 16.3 Å². The molecule has 9 heteroatoms. The highest BCUT2D eigenvalue weighted by atomic mass is 35.5. The zero-order chi connectivity index (χ0) is 20.3. The number of anilines is 1. The average molecular weight is 442 g/mol. The molecular weight excluding hydrogens is 422 g/mol. The molecule has 1 N–H and O–H groups in total. The Morgan fingerprint density at radius 1 is 1.21 bits per heavy atom. The van der Waals surface area contributed by atoms with Crippen LogP contribution in [-0.2, 0) is 32.2 Å². The third-order valence-corrected chi connectivity index (χ3v) is 7.83. The van der Waals surface area contributed by atoms with E-state index in [9.17, 15) is 18.0 Å². The number of thiophene rings is 1. The van der Waals surface area contributed by atoms with E-state index in [2.05, 4.69) is 5.32 Å². The summed E-state index contributed by atoms with van der Waals surface area (Å²) in [6.07, 6.45) is 2.89. The van der Waals surface area contributed by atoms with E-state index in [1.165, 1.54) is 42.7 Å². The van der Waals surface area contributed by atoms with E-state index in [0.717, 1.165) is 29.7 Å². The minimum Gasteiger partial charge on any atom is -0.465 e. The van der Waals surface area contributed by atoms with E-state index in [0.29, 0.717) is 15.6 Å². The minimum absolute atomic E-state index is 0.0377. The molecule has 150 valence electrons. The van der Waals surface area contributed by atoms with Crippen molar-refractivity contribution < 1.29 is 22.7 Å². The standard InChI is InChI=1S/C19H20ClNO5S2/c1-26-19(23)17-14-4-2-5-15(14)27-18(17)21-16(22)6-3-11-28(24,25)13-9-7-12(20)8-10-13/h7-10H,2-6,11H2,1H3,(H,21,22). The number of rotatable bonds is 7. The third-order valence-electron chi connectivity index (χ3n) is 4.55. The Balaban J connectivity index is 1.61. The number of amides is 1. The number of carbonyl (C=O) groups is 2. The molecule has 2 aromatic rings. The number of sulfone groups is 1. The summed E-state index contributed by atoms with van der Waals surface area (Å²) >= 11 is 7.17. The molecule has 0 saturated heterocycles. The van der Waals surface area contributed by atoms with E-state index in [1.807, 2.05) is 0 Å². The maximum atomic E-state index is 12.3. The number of nitrogens with one attached hydrogen (secondary N) is 1. The molecule has 0 bridgehead atoms. The van der Waals surface area contributed by atoms with Gasteiger partial charge in [-0.1, -0.05) is 11.6 Å². The first kappa shape index (κ1) is 20.8. The van der Waals surface area contributed by atoms with Gasteiger partial charge in [0.15, 0.2) is 9.84 Å². The van der Waals surface area contributed by atoms with Crippen LogP contribution in [0.4, 0.5) is 5.00 Å². The summed E-state index contributed by atoms with van der Waals surface area (Å²) in [6, 6.07) is 5.94. The number of benzene rings is 1. The summed E-state index contributed by atoms with van der Waals surface area (Å²) in [6.45, 7) is 0. The molecule has 28 heavy (non-hydrogen) atoms. The molecule has 0 spiro atoms. The van der Waals surface area contributed by atoms with Crippen molar-refractivity contribution >= 4 is 49.7 Å². The Labute approximate surface area is 172 Å². The first-order chi connectivity index (χ1) is 13.3. The number of hydrogen-bond donors (Lipinski definition) is 1. The molecule has 1 aliphatic carbocycles. The molecule has 0 fully saturated rings. The number of esters is 1. The lowest BCUT2D eigenvalue weighted by molar-refractivity contribution is -0.116. The minimum atomic E-state index is -3.48. The molecule has 0 unspecified atom stereocenters. The number of methoxy groups -OCH3 is 1. The summed E-state index contributed by atoms with van der Waals surface area (Å²) in [5.41, 5.74) is 1.39. The van der Waals surface area contributed by atoms with Crippen molar-refractivity contribution in [3.8, 4) is 0 Å². The van der Waals surface area contributed by atoms with Crippen molar-refractivity contribution in [2.45, 2.75) is 37.0 Å². The number of fused-ring (bicyclic) bond motifs is 1. The Hall–Kier alpha value is -1.90. The Bertz CT molecular complexity index is 996. The average Bonchev–Trinajstić information content (AvgIpc) is 3.22. The summed E-state index contributed by atoms with van der Waals surface area (Å²) in [4.78, 5) is 25.7. The van der Waals surface area contributed by atoms with Gasteiger partial charge < -0.3 is 10.1 Å². The summed E-state index contributed by atoms with van der Waals surface area (Å²) in [7, 11) is -2.16. The first-order valence-electron chi connectivity index (χ1n) is 8.83. The van der Waals surface area contributed by atoms with Gasteiger partial charge >= 0.3 is 5.97 Å². The number of halogens is 1. The second-order valence-corrected chi connectivity index (χ2v) is 10.1. The Morgan fingerprint density at radius 3 is 2.61 bits per heavy atom. The van der Waals surface area contributed by atoms with Crippen molar-refractivity contribution in [3.63, 3.8) is 0 Å². The van der Waals surface area contributed by atoms with E-state index >= 15 is 0 Å². The molecule has 3 rings (SSSR count). The summed E-state index contributed by atoms with van der Waals surface area (Å²) in [5.74, 6) is -0.927. The second kappa shape index (κ2) is 8.63. The lowest BCUT2D eigenvalue weighted by Gasteiger charge is -2.08. The second-order valence-electron chi connectivity index (χ2n) is 6.48. The maximum Gasteiger partial charge on any atom is 0.341 e. The van der Waals surface area contributed by atoms with Crippen molar-refractivity contribution in [1.29, 1.82) is 0 Å². The monoisotopic (exact) mass is 441 g/mol. The number of hydrogen-bond acceptors (Lipinski definition) is 6. The largest absolute Gasteiger partial charge is 0.465 e. The fourth-order valence-corrected chi connectivity index (χ4v) is 5.91. The molecule has 1 heterocycles. The summed E-state index contributed by atoms with van der Waals surface area (Å²) < 4.78 is 29.5. The van der Waals surface area contributed by atoms with E-state index < -0.39 is 15.8 Å². The number of carbonyl (C=O) groups excluding carboxylic acids is 2. The van der Waals surface area contributed by atoms with Crippen molar-refractivity contribution in [3.05, 3.63) is 45.3 Å². The van der Waals surface area contributed by atoms with Crippen LogP contribution in [0, 0.1) is 0 Å². The molecule has 1 amide bonds. The first-order valence-corrected chi connectivity index (χ1v) is 11.7. The quantitative estimate of drug-likeness (QED) is 0.659. The van der Waals surface area contributed by atoms with Crippen LogP contribution >= 0.6 is 22.9 Å². The molecule has 1 aromatic heterocycles. The predicted molar refractivity (Wildman–Crippen MR) is 109 cm³/mol. The van der Waals surface area contributed by atoms with Crippen LogP contribution in [0.25, 0.3) is 0 Å². The highest BCUT2D eigenvalue weighted by molar-refractivity contribution is 7.91. The van der Waals surface area contributed by atoms with Gasteiger partial charge in [-0.05, 0) is 55.5 Å². The van der Waals surface area contributed by atoms with E-state index in [-0.39, 0.29) is 29.4 Å². The van der Waals surface area contributed by atoms with Crippen LogP contribution in [0.2, 0.25) is 5.02 Å². The number of aryl methyl sites for hydroxylation is 1. The van der Waals surface area contributed by atoms with Crippen LogP contribution in [0.1, 0.15) is 40.1 Å². The zero-order valence-electron chi connectivity index (χ0n) is 15.3. The molecule has 0 atom stereocenters. The molecule has 0 aliphatic heterocycles. The van der Waals surface area contributed by atoms with Crippen molar-refractivity contribution in [2.75, 3.05) is 18.2 Å². The van der Waals surface area contributed by atoms with Crippen LogP contribution in [-0.4, -0.2) is 33.2 Å². The lowest BCUT2D eigenvalue weighted by atomic mass is 10.1. The third kappa shape index (κ3) is 4.56. The normalized spacial score (nSPS) is 13.2. The molecule has 1 aliphatic rings. The molecule has 0 saturated carbocycles. The van der Waals surface area contributed by atoms with Crippen LogP contribution in [0.3, 0.4) is 0 Å². The molecule has 1 aromatic carbocycles. The van der Waals surface area contributed by atoms with Gasteiger partial charge in [0.2, 0.25) is 5.91 Å². The predicted octanol–water partition coefficient (Wildman–Crippen LogP) is 3.87. The van der Waals surface area contributed by atoms with E-state index in [4.69, 9.17) is 16.3 Å². The topological polar surface area (TPSA) is 89.5 Å². The zero-order valence-corrected chi connectivity index (χ0v) is 17.7. The highest BCUT2D eigenvalue weighted by Gasteiger charge is 2.28. The van der Waals surface area contributed by atoms with Gasteiger partial charge in [0.1, 0.15) is 5.00 Å². The van der Waals surface area contributed by atoms with Gasteiger partial charge in [-0.25, -0.2) is 13.2 Å². The van der Waals surface area contributed by atoms with Gasteiger partial charge in [-0.3, -0.25) is 4.79 Å². The van der Waals surface area contributed by atoms with E-state index in [1.54, 1.807) is 0 Å².